The lowest BCUT2D eigenvalue weighted by atomic mass is 9.89. The minimum atomic E-state index is -0.865. The third-order valence-electron chi connectivity index (χ3n) is 6.29. The number of aromatic nitrogens is 2. The number of aryl methyl sites for hydroxylation is 1. The number of primary amides is 1. The molecule has 1 aliphatic rings. The van der Waals surface area contributed by atoms with Crippen LogP contribution in [0.2, 0.25) is 0 Å². The summed E-state index contributed by atoms with van der Waals surface area (Å²) in [5.74, 6) is -0.456. The van der Waals surface area contributed by atoms with Crippen LogP contribution in [0.25, 0.3) is 22.0 Å². The van der Waals surface area contributed by atoms with E-state index in [1.807, 2.05) is 19.9 Å². The Balaban J connectivity index is 0.000000481. The zero-order valence-corrected chi connectivity index (χ0v) is 21.2. The van der Waals surface area contributed by atoms with E-state index in [1.165, 1.54) is 37.7 Å². The van der Waals surface area contributed by atoms with Gasteiger partial charge in [-0.1, -0.05) is 49.9 Å². The van der Waals surface area contributed by atoms with E-state index in [-0.39, 0.29) is 5.91 Å². The van der Waals surface area contributed by atoms with Crippen molar-refractivity contribution in [2.75, 3.05) is 0 Å². The second kappa shape index (κ2) is 12.0. The summed E-state index contributed by atoms with van der Waals surface area (Å²) >= 11 is 1.61. The van der Waals surface area contributed by atoms with Crippen LogP contribution >= 0.6 is 11.3 Å². The molecule has 0 unspecified atom stereocenters. The molecule has 0 bridgehead atoms. The van der Waals surface area contributed by atoms with Crippen molar-refractivity contribution in [3.63, 3.8) is 0 Å². The van der Waals surface area contributed by atoms with Crippen LogP contribution in [-0.2, 0) is 11.3 Å². The zero-order chi connectivity index (χ0) is 24.7. The standard InChI is InChI=1S/C23H26N2O2S.C4H9NO/c1-15-7-6-10-18(11-15)22-24-20(14-28-22)21-12-19(23(26)27)16(2)25(21)13-17-8-4-3-5-9-17;1-2-3-4(5)6/h6-7,10-12,14,17H,3-5,8-9,13H2,1-2H3,(H,26,27);2-3H2,1H3,(H2,5,6). The van der Waals surface area contributed by atoms with Gasteiger partial charge in [-0.25, -0.2) is 9.78 Å². The summed E-state index contributed by atoms with van der Waals surface area (Å²) in [6.45, 7) is 6.80. The van der Waals surface area contributed by atoms with Crippen molar-refractivity contribution >= 4 is 23.2 Å². The molecule has 3 N–H and O–H groups in total. The Hall–Kier alpha value is -2.93. The van der Waals surface area contributed by atoms with Crippen molar-refractivity contribution in [3.05, 3.63) is 52.5 Å². The predicted octanol–water partition coefficient (Wildman–Crippen LogP) is 6.45. The third kappa shape index (κ3) is 6.56. The number of carboxylic acid groups (broad SMARTS) is 1. The van der Waals surface area contributed by atoms with Gasteiger partial charge in [-0.05, 0) is 51.2 Å². The fraction of sp³-hybridized carbons (Fsp3) is 0.444. The van der Waals surface area contributed by atoms with Crippen molar-refractivity contribution in [1.82, 2.24) is 9.55 Å². The lowest BCUT2D eigenvalue weighted by molar-refractivity contribution is -0.118. The number of nitrogens with two attached hydrogens (primary N) is 1. The molecule has 3 aromatic rings. The molecule has 7 heteroatoms. The smallest absolute Gasteiger partial charge is 0.337 e. The van der Waals surface area contributed by atoms with E-state index in [9.17, 15) is 14.7 Å². The van der Waals surface area contributed by atoms with Gasteiger partial charge in [0, 0.05) is 29.6 Å². The second-order valence-electron chi connectivity index (χ2n) is 9.07. The molecule has 1 fully saturated rings. The van der Waals surface area contributed by atoms with Crippen molar-refractivity contribution in [2.45, 2.75) is 72.3 Å². The number of rotatable bonds is 7. The van der Waals surface area contributed by atoms with Crippen LogP contribution in [0.3, 0.4) is 0 Å². The van der Waals surface area contributed by atoms with Crippen molar-refractivity contribution in [3.8, 4) is 22.0 Å². The van der Waals surface area contributed by atoms with E-state index in [0.717, 1.165) is 40.6 Å². The van der Waals surface area contributed by atoms with Gasteiger partial charge < -0.3 is 15.4 Å². The highest BCUT2D eigenvalue weighted by molar-refractivity contribution is 7.13. The van der Waals surface area contributed by atoms with E-state index >= 15 is 0 Å². The van der Waals surface area contributed by atoms with Crippen LogP contribution in [-0.4, -0.2) is 26.5 Å². The molecule has 6 nitrogen and oxygen atoms in total. The average Bonchev–Trinajstić information content (AvgIpc) is 3.40. The first-order chi connectivity index (χ1) is 16.3. The summed E-state index contributed by atoms with van der Waals surface area (Å²) in [6, 6.07) is 10.1. The lowest BCUT2D eigenvalue weighted by Crippen LogP contribution is -2.16. The van der Waals surface area contributed by atoms with E-state index in [2.05, 4.69) is 35.1 Å². The Morgan fingerprint density at radius 1 is 1.18 bits per heavy atom. The molecule has 0 spiro atoms. The monoisotopic (exact) mass is 481 g/mol. The molecule has 1 saturated carbocycles. The molecular weight excluding hydrogens is 446 g/mol. The van der Waals surface area contributed by atoms with Crippen LogP contribution < -0.4 is 5.73 Å². The fourth-order valence-corrected chi connectivity index (χ4v) is 5.30. The number of thiazole rings is 1. The molecule has 182 valence electrons. The molecule has 1 amide bonds. The number of amides is 1. The number of hydrogen-bond donors (Lipinski definition) is 2. The molecule has 0 radical (unpaired) electrons. The Morgan fingerprint density at radius 2 is 1.91 bits per heavy atom. The minimum Gasteiger partial charge on any atom is -0.478 e. The first kappa shape index (κ1) is 25.7. The van der Waals surface area contributed by atoms with E-state index in [1.54, 1.807) is 17.4 Å². The molecule has 1 aliphatic carbocycles. The number of carboxylic acids is 1. The maximum Gasteiger partial charge on any atom is 0.337 e. The number of carbonyl (C=O) groups excluding carboxylic acids is 1. The van der Waals surface area contributed by atoms with Crippen LogP contribution in [0, 0.1) is 19.8 Å². The topological polar surface area (TPSA) is 98.2 Å². The highest BCUT2D eigenvalue weighted by atomic mass is 32.1. The summed E-state index contributed by atoms with van der Waals surface area (Å²) in [4.78, 5) is 26.4. The molecule has 0 saturated heterocycles. The van der Waals surface area contributed by atoms with Crippen LogP contribution in [0.15, 0.2) is 35.7 Å². The van der Waals surface area contributed by atoms with Gasteiger partial charge in [0.2, 0.25) is 5.91 Å². The Kier molecular flexibility index (Phi) is 9.05. The molecular formula is C27H35N3O3S. The van der Waals surface area contributed by atoms with E-state index in [4.69, 9.17) is 10.7 Å². The summed E-state index contributed by atoms with van der Waals surface area (Å²) in [6.07, 6.45) is 7.70. The molecule has 34 heavy (non-hydrogen) atoms. The Morgan fingerprint density at radius 3 is 2.50 bits per heavy atom. The number of nitrogens with zero attached hydrogens (tertiary/aromatic N) is 2. The summed E-state index contributed by atoms with van der Waals surface area (Å²) < 4.78 is 2.19. The Labute approximate surface area is 205 Å². The van der Waals surface area contributed by atoms with Gasteiger partial charge in [0.15, 0.2) is 0 Å². The van der Waals surface area contributed by atoms with Crippen LogP contribution in [0.5, 0.6) is 0 Å². The predicted molar refractivity (Wildman–Crippen MR) is 138 cm³/mol. The molecule has 0 aliphatic heterocycles. The third-order valence-corrected chi connectivity index (χ3v) is 7.18. The number of carbonyl (C=O) groups is 2. The van der Waals surface area contributed by atoms with Crippen LogP contribution in [0.1, 0.15) is 73.5 Å². The average molecular weight is 482 g/mol. The van der Waals surface area contributed by atoms with E-state index in [0.29, 0.717) is 17.9 Å². The highest BCUT2D eigenvalue weighted by Gasteiger charge is 2.23. The highest BCUT2D eigenvalue weighted by Crippen LogP contribution is 2.34. The molecule has 4 rings (SSSR count). The van der Waals surface area contributed by atoms with Crippen LogP contribution in [0.4, 0.5) is 0 Å². The molecule has 0 atom stereocenters. The normalized spacial score (nSPS) is 13.9. The first-order valence-electron chi connectivity index (χ1n) is 12.0. The molecule has 2 aromatic heterocycles. The van der Waals surface area contributed by atoms with Gasteiger partial charge in [0.25, 0.3) is 0 Å². The summed E-state index contributed by atoms with van der Waals surface area (Å²) in [7, 11) is 0. The van der Waals surface area contributed by atoms with Gasteiger partial charge in [-0.2, -0.15) is 0 Å². The maximum atomic E-state index is 11.7. The van der Waals surface area contributed by atoms with Gasteiger partial charge in [0.05, 0.1) is 17.0 Å². The first-order valence-corrected chi connectivity index (χ1v) is 12.9. The summed E-state index contributed by atoms with van der Waals surface area (Å²) in [5, 5.41) is 12.7. The van der Waals surface area contributed by atoms with E-state index < -0.39 is 5.97 Å². The Bertz CT molecular complexity index is 1130. The number of aromatic carboxylic acids is 1. The summed E-state index contributed by atoms with van der Waals surface area (Å²) in [5.41, 5.74) is 10.1. The van der Waals surface area contributed by atoms with Crippen molar-refractivity contribution < 1.29 is 14.7 Å². The van der Waals surface area contributed by atoms with Gasteiger partial charge >= 0.3 is 5.97 Å². The largest absolute Gasteiger partial charge is 0.478 e. The molecule has 1 aromatic carbocycles. The van der Waals surface area contributed by atoms with Gasteiger partial charge in [-0.15, -0.1) is 11.3 Å². The SMILES string of the molecule is CCCC(N)=O.Cc1cccc(-c2nc(-c3cc(C(=O)O)c(C)n3CC3CCCCC3)cs2)c1. The van der Waals surface area contributed by atoms with Gasteiger partial charge in [-0.3, -0.25) is 4.79 Å². The van der Waals surface area contributed by atoms with Crippen molar-refractivity contribution in [1.29, 1.82) is 0 Å². The number of benzene rings is 1. The van der Waals surface area contributed by atoms with Gasteiger partial charge in [0.1, 0.15) is 5.01 Å². The zero-order valence-electron chi connectivity index (χ0n) is 20.3. The van der Waals surface area contributed by atoms with Crippen molar-refractivity contribution in [2.24, 2.45) is 11.7 Å². The minimum absolute atomic E-state index is 0.211. The number of hydrogen-bond acceptors (Lipinski definition) is 4. The lowest BCUT2D eigenvalue weighted by Gasteiger charge is -2.24. The quantitative estimate of drug-likeness (QED) is 0.405. The maximum absolute atomic E-state index is 11.7. The fourth-order valence-electron chi connectivity index (χ4n) is 4.49. The molecule has 2 heterocycles. The second-order valence-corrected chi connectivity index (χ2v) is 9.93.